The van der Waals surface area contributed by atoms with Crippen LogP contribution in [0, 0.1) is 5.41 Å². The van der Waals surface area contributed by atoms with Gasteiger partial charge >= 0.3 is 5.97 Å². The number of nitrogens with zero attached hydrogens (tertiary/aromatic N) is 1. The summed E-state index contributed by atoms with van der Waals surface area (Å²) in [5.41, 5.74) is -0.466. The third-order valence-electron chi connectivity index (χ3n) is 3.84. The van der Waals surface area contributed by atoms with Crippen LogP contribution < -0.4 is 0 Å². The number of carbonyl (C=O) groups is 3. The van der Waals surface area contributed by atoms with Gasteiger partial charge < -0.3 is 9.47 Å². The Morgan fingerprint density at radius 2 is 1.92 bits per heavy atom. The summed E-state index contributed by atoms with van der Waals surface area (Å²) in [6.45, 7) is 5.80. The summed E-state index contributed by atoms with van der Waals surface area (Å²) in [5, 5.41) is -0.967. The van der Waals surface area contributed by atoms with Gasteiger partial charge in [0.2, 0.25) is 11.8 Å². The molecule has 9 heteroatoms. The van der Waals surface area contributed by atoms with Gasteiger partial charge in [-0.3, -0.25) is 19.3 Å². The molecule has 2 heterocycles. The Labute approximate surface area is 140 Å². The summed E-state index contributed by atoms with van der Waals surface area (Å²) in [6.07, 6.45) is -0.108. The Hall–Kier alpha value is -1.90. The van der Waals surface area contributed by atoms with Crippen LogP contribution in [0.25, 0.3) is 0 Å². The van der Waals surface area contributed by atoms with E-state index in [2.05, 4.69) is 0 Å². The maximum absolute atomic E-state index is 12.2. The zero-order chi connectivity index (χ0) is 18.3. The lowest BCUT2D eigenvalue weighted by Crippen LogP contribution is -2.59. The van der Waals surface area contributed by atoms with Crippen LogP contribution in [0.3, 0.4) is 0 Å². The van der Waals surface area contributed by atoms with E-state index in [1.54, 1.807) is 20.8 Å². The van der Waals surface area contributed by atoms with Gasteiger partial charge in [-0.15, -0.1) is 0 Å². The van der Waals surface area contributed by atoms with Gasteiger partial charge in [-0.05, 0) is 0 Å². The van der Waals surface area contributed by atoms with Crippen LogP contribution in [0.15, 0.2) is 11.5 Å². The summed E-state index contributed by atoms with van der Waals surface area (Å²) in [7, 11) is -3.56. The Balaban J connectivity index is 2.29. The van der Waals surface area contributed by atoms with E-state index in [1.165, 1.54) is 6.92 Å². The highest BCUT2D eigenvalue weighted by atomic mass is 32.2. The van der Waals surface area contributed by atoms with Gasteiger partial charge in [0.15, 0.2) is 21.0 Å². The van der Waals surface area contributed by atoms with Gasteiger partial charge in [-0.25, -0.2) is 8.42 Å². The number of fused-ring (bicyclic) bond motifs is 1. The Morgan fingerprint density at radius 3 is 2.42 bits per heavy atom. The van der Waals surface area contributed by atoms with Crippen molar-refractivity contribution in [2.45, 2.75) is 39.5 Å². The van der Waals surface area contributed by atoms with Crippen molar-refractivity contribution in [3.05, 3.63) is 11.5 Å². The van der Waals surface area contributed by atoms with Gasteiger partial charge in [0.1, 0.15) is 13.2 Å². The highest BCUT2D eigenvalue weighted by molar-refractivity contribution is 7.92. The Morgan fingerprint density at radius 1 is 1.29 bits per heavy atom. The minimum Gasteiger partial charge on any atom is -0.471 e. The summed E-state index contributed by atoms with van der Waals surface area (Å²) in [4.78, 5) is 35.9. The number of amides is 1. The molecular weight excluding hydrogens is 338 g/mol. The molecule has 1 amide bonds. The predicted molar refractivity (Wildman–Crippen MR) is 83.1 cm³/mol. The Kier molecular flexibility index (Phi) is 4.76. The molecule has 0 aromatic carbocycles. The molecule has 1 saturated heterocycles. The first kappa shape index (κ1) is 18.4. The maximum atomic E-state index is 12.2. The lowest BCUT2D eigenvalue weighted by molar-refractivity contribution is -0.146. The van der Waals surface area contributed by atoms with Gasteiger partial charge in [-0.1, -0.05) is 20.8 Å². The zero-order valence-electron chi connectivity index (χ0n) is 14.1. The van der Waals surface area contributed by atoms with E-state index in [0.717, 1.165) is 4.90 Å². The number of rotatable bonds is 5. The van der Waals surface area contributed by atoms with Crippen LogP contribution in [0.1, 0.15) is 34.1 Å². The van der Waals surface area contributed by atoms with Crippen molar-refractivity contribution in [2.24, 2.45) is 5.41 Å². The number of hydrogen-bond acceptors (Lipinski definition) is 7. The van der Waals surface area contributed by atoms with Gasteiger partial charge in [0.25, 0.3) is 0 Å². The summed E-state index contributed by atoms with van der Waals surface area (Å²) in [6, 6.07) is 0. The molecule has 134 valence electrons. The van der Waals surface area contributed by atoms with E-state index in [4.69, 9.17) is 9.47 Å². The lowest BCUT2D eigenvalue weighted by atomic mass is 9.91. The molecule has 0 bridgehead atoms. The monoisotopic (exact) mass is 359 g/mol. The molecule has 8 nitrogen and oxygen atoms in total. The third-order valence-corrected chi connectivity index (χ3v) is 5.80. The molecule has 2 aliphatic heterocycles. The van der Waals surface area contributed by atoms with Crippen LogP contribution in [-0.4, -0.2) is 55.3 Å². The van der Waals surface area contributed by atoms with Crippen LogP contribution in [0.5, 0.6) is 0 Å². The number of β-lactam (4-membered cyclic amide) rings is 1. The number of hydrogen-bond donors (Lipinski definition) is 0. The predicted octanol–water partition coefficient (Wildman–Crippen LogP) is 0.380. The average Bonchev–Trinajstić information content (AvgIpc) is 2.42. The summed E-state index contributed by atoms with van der Waals surface area (Å²) in [5.74, 6) is -1.53. The molecule has 0 radical (unpaired) electrons. The van der Waals surface area contributed by atoms with Crippen molar-refractivity contribution in [3.8, 4) is 0 Å². The molecule has 0 aromatic heterocycles. The van der Waals surface area contributed by atoms with Crippen LogP contribution in [0.4, 0.5) is 0 Å². The number of sulfone groups is 1. The van der Waals surface area contributed by atoms with Crippen LogP contribution in [-0.2, 0) is 33.7 Å². The van der Waals surface area contributed by atoms with Gasteiger partial charge in [0.05, 0.1) is 12.2 Å². The largest absolute Gasteiger partial charge is 0.471 e. The number of ketones is 1. The molecule has 2 aliphatic rings. The number of ether oxygens (including phenoxy) is 2. The number of carbonyl (C=O) groups excluding carboxylic acids is 3. The third kappa shape index (κ3) is 3.61. The van der Waals surface area contributed by atoms with Crippen LogP contribution >= 0.6 is 0 Å². The lowest BCUT2D eigenvalue weighted by Gasteiger charge is -2.44. The SMILES string of the molecule is CC(=O)OCC1=C(OCC(=O)C(C)(C)C)N2C(=O)C[C@@H]2S(=O)(=O)C1. The molecule has 0 aliphatic carbocycles. The summed E-state index contributed by atoms with van der Waals surface area (Å²) < 4.78 is 34.7. The van der Waals surface area contributed by atoms with E-state index in [0.29, 0.717) is 0 Å². The van der Waals surface area contributed by atoms with E-state index < -0.39 is 32.5 Å². The minimum atomic E-state index is -3.56. The molecule has 1 fully saturated rings. The van der Waals surface area contributed by atoms with Crippen molar-refractivity contribution in [1.29, 1.82) is 0 Å². The fourth-order valence-electron chi connectivity index (χ4n) is 2.30. The first-order valence-electron chi connectivity index (χ1n) is 7.48. The van der Waals surface area contributed by atoms with E-state index in [-0.39, 0.29) is 42.6 Å². The second-order valence-corrected chi connectivity index (χ2v) is 9.04. The van der Waals surface area contributed by atoms with E-state index in [9.17, 15) is 22.8 Å². The second-order valence-electron chi connectivity index (χ2n) is 6.88. The smallest absolute Gasteiger partial charge is 0.302 e. The number of Topliss-reactive ketones (excluding diaryl/α,β-unsaturated/α-hetero) is 1. The van der Waals surface area contributed by atoms with Crippen LogP contribution in [0.2, 0.25) is 0 Å². The highest BCUT2D eigenvalue weighted by Crippen LogP contribution is 2.36. The molecule has 0 spiro atoms. The minimum absolute atomic E-state index is 0.0184. The van der Waals surface area contributed by atoms with Crippen molar-refractivity contribution in [1.82, 2.24) is 4.90 Å². The molecular formula is C15H21NO7S. The molecule has 2 rings (SSSR count). The normalized spacial score (nSPS) is 22.6. The standard InChI is InChI=1S/C15H21NO7S/c1-9(17)22-6-10-8-24(20,21)13-5-12(19)16(13)14(10)23-7-11(18)15(2,3)4/h13H,5-8H2,1-4H3/t13-/m0/s1. The quantitative estimate of drug-likeness (QED) is 0.516. The second kappa shape index (κ2) is 6.19. The topological polar surface area (TPSA) is 107 Å². The molecule has 1 atom stereocenters. The van der Waals surface area contributed by atoms with Crippen molar-refractivity contribution >= 4 is 27.5 Å². The number of esters is 1. The molecule has 0 N–H and O–H groups in total. The zero-order valence-corrected chi connectivity index (χ0v) is 14.9. The van der Waals surface area contributed by atoms with Gasteiger partial charge in [-0.2, -0.15) is 0 Å². The molecule has 24 heavy (non-hydrogen) atoms. The van der Waals surface area contributed by atoms with E-state index >= 15 is 0 Å². The maximum Gasteiger partial charge on any atom is 0.302 e. The first-order chi connectivity index (χ1) is 10.9. The molecule has 0 saturated carbocycles. The fourth-order valence-corrected chi connectivity index (χ4v) is 4.12. The summed E-state index contributed by atoms with van der Waals surface area (Å²) >= 11 is 0. The van der Waals surface area contributed by atoms with Gasteiger partial charge in [0, 0.05) is 17.9 Å². The fraction of sp³-hybridized carbons (Fsp3) is 0.667. The Bertz CT molecular complexity index is 715. The first-order valence-corrected chi connectivity index (χ1v) is 9.20. The van der Waals surface area contributed by atoms with Crippen molar-refractivity contribution in [3.63, 3.8) is 0 Å². The molecule has 0 aromatic rings. The highest BCUT2D eigenvalue weighted by Gasteiger charge is 2.52. The average molecular weight is 359 g/mol. The van der Waals surface area contributed by atoms with Crippen molar-refractivity contribution in [2.75, 3.05) is 19.0 Å². The van der Waals surface area contributed by atoms with E-state index in [1.807, 2.05) is 0 Å². The van der Waals surface area contributed by atoms with Crippen molar-refractivity contribution < 1.29 is 32.3 Å². The molecule has 0 unspecified atom stereocenters.